The molecule has 0 bridgehead atoms. The van der Waals surface area contributed by atoms with Crippen molar-refractivity contribution in [2.45, 2.75) is 32.4 Å². The smallest absolute Gasteiger partial charge is 0.0534 e. The molecule has 0 amide bonds. The Morgan fingerprint density at radius 1 is 1.41 bits per heavy atom. The van der Waals surface area contributed by atoms with Crippen molar-refractivity contribution >= 4 is 0 Å². The number of likely N-dealkylation sites (tertiary alicyclic amines) is 1. The molecule has 0 aliphatic carbocycles. The van der Waals surface area contributed by atoms with Crippen molar-refractivity contribution in [3.8, 4) is 0 Å². The lowest BCUT2D eigenvalue weighted by Gasteiger charge is -2.33. The van der Waals surface area contributed by atoms with E-state index in [9.17, 15) is 0 Å². The molecule has 1 aliphatic heterocycles. The zero-order valence-corrected chi connectivity index (χ0v) is 11.2. The van der Waals surface area contributed by atoms with E-state index < -0.39 is 0 Å². The third-order valence-electron chi connectivity index (χ3n) is 3.86. The van der Waals surface area contributed by atoms with Crippen LogP contribution in [0.5, 0.6) is 0 Å². The molecule has 0 saturated carbocycles. The van der Waals surface area contributed by atoms with E-state index in [4.69, 9.17) is 0 Å². The van der Waals surface area contributed by atoms with Crippen LogP contribution < -0.4 is 5.32 Å². The first-order valence-corrected chi connectivity index (χ1v) is 6.54. The van der Waals surface area contributed by atoms with Crippen LogP contribution in [-0.2, 0) is 13.6 Å². The van der Waals surface area contributed by atoms with E-state index in [0.29, 0.717) is 6.04 Å². The summed E-state index contributed by atoms with van der Waals surface area (Å²) in [7, 11) is 4.17. The van der Waals surface area contributed by atoms with Crippen molar-refractivity contribution in [2.75, 3.05) is 20.1 Å². The maximum atomic E-state index is 4.19. The van der Waals surface area contributed by atoms with Crippen LogP contribution in [0, 0.1) is 5.92 Å². The minimum Gasteiger partial charge on any atom is -0.310 e. The van der Waals surface area contributed by atoms with Gasteiger partial charge in [-0.25, -0.2) is 0 Å². The highest BCUT2D eigenvalue weighted by Crippen LogP contribution is 2.19. The number of hydrogen-bond donors (Lipinski definition) is 1. The first kappa shape index (κ1) is 12.6. The van der Waals surface area contributed by atoms with Crippen LogP contribution in [0.1, 0.15) is 25.3 Å². The topological polar surface area (TPSA) is 33.1 Å². The molecule has 0 radical (unpaired) electrons. The molecule has 1 saturated heterocycles. The van der Waals surface area contributed by atoms with Crippen LogP contribution in [0.2, 0.25) is 0 Å². The molecular weight excluding hydrogens is 212 g/mol. The number of rotatable bonds is 4. The van der Waals surface area contributed by atoms with Crippen molar-refractivity contribution in [2.24, 2.45) is 13.0 Å². The third kappa shape index (κ3) is 3.54. The van der Waals surface area contributed by atoms with Gasteiger partial charge in [0.2, 0.25) is 0 Å². The Labute approximate surface area is 104 Å². The predicted molar refractivity (Wildman–Crippen MR) is 69.7 cm³/mol. The maximum Gasteiger partial charge on any atom is 0.0534 e. The van der Waals surface area contributed by atoms with Crippen LogP contribution >= 0.6 is 0 Å². The van der Waals surface area contributed by atoms with Crippen molar-refractivity contribution in [3.63, 3.8) is 0 Å². The van der Waals surface area contributed by atoms with Crippen molar-refractivity contribution < 1.29 is 0 Å². The molecule has 1 aromatic heterocycles. The lowest BCUT2D eigenvalue weighted by molar-refractivity contribution is 0.189. The van der Waals surface area contributed by atoms with Gasteiger partial charge in [-0.05, 0) is 45.8 Å². The van der Waals surface area contributed by atoms with E-state index in [1.54, 1.807) is 0 Å². The fraction of sp³-hybridized carbons (Fsp3) is 0.769. The average molecular weight is 236 g/mol. The van der Waals surface area contributed by atoms with Crippen molar-refractivity contribution in [3.05, 3.63) is 18.0 Å². The molecule has 0 spiro atoms. The number of piperidine rings is 1. The highest BCUT2D eigenvalue weighted by Gasteiger charge is 2.21. The van der Waals surface area contributed by atoms with Crippen LogP contribution in [-0.4, -0.2) is 40.9 Å². The van der Waals surface area contributed by atoms with E-state index in [1.165, 1.54) is 31.5 Å². The lowest BCUT2D eigenvalue weighted by atomic mass is 9.90. The van der Waals surface area contributed by atoms with Gasteiger partial charge in [0.05, 0.1) is 6.20 Å². The molecule has 17 heavy (non-hydrogen) atoms. The molecule has 0 aromatic carbocycles. The zero-order chi connectivity index (χ0) is 12.3. The number of nitrogens with one attached hydrogen (secondary N) is 1. The molecule has 1 aromatic rings. The molecule has 1 aliphatic rings. The first-order valence-electron chi connectivity index (χ1n) is 6.54. The summed E-state index contributed by atoms with van der Waals surface area (Å²) >= 11 is 0. The summed E-state index contributed by atoms with van der Waals surface area (Å²) < 4.78 is 1.86. The molecule has 2 heterocycles. The molecular formula is C13H24N4. The Hall–Kier alpha value is -0.870. The predicted octanol–water partition coefficient (Wildman–Crippen LogP) is 1.24. The molecule has 4 heteroatoms. The van der Waals surface area contributed by atoms with Gasteiger partial charge in [0, 0.05) is 31.4 Å². The second-order valence-electron chi connectivity index (χ2n) is 5.33. The molecule has 2 rings (SSSR count). The van der Waals surface area contributed by atoms with Crippen LogP contribution in [0.15, 0.2) is 12.4 Å². The van der Waals surface area contributed by atoms with Gasteiger partial charge in [-0.15, -0.1) is 0 Å². The standard InChI is InChI=1S/C13H24N4/c1-11(13-4-6-16(2)7-5-13)14-8-12-9-15-17(3)10-12/h9-11,13-14H,4-8H2,1-3H3. The van der Waals surface area contributed by atoms with Gasteiger partial charge in [-0.2, -0.15) is 5.10 Å². The lowest BCUT2D eigenvalue weighted by Crippen LogP contribution is -2.40. The van der Waals surface area contributed by atoms with Crippen LogP contribution in [0.3, 0.4) is 0 Å². The largest absolute Gasteiger partial charge is 0.310 e. The SMILES string of the molecule is CC(NCc1cnn(C)c1)C1CCN(C)CC1. The second-order valence-corrected chi connectivity index (χ2v) is 5.33. The van der Waals surface area contributed by atoms with Gasteiger partial charge < -0.3 is 10.2 Å². The number of nitrogens with zero attached hydrogens (tertiary/aromatic N) is 3. The average Bonchev–Trinajstić information content (AvgIpc) is 2.73. The quantitative estimate of drug-likeness (QED) is 0.854. The molecule has 1 fully saturated rings. The summed E-state index contributed by atoms with van der Waals surface area (Å²) in [6, 6.07) is 0.601. The maximum absolute atomic E-state index is 4.19. The Morgan fingerprint density at radius 3 is 2.71 bits per heavy atom. The fourth-order valence-corrected chi connectivity index (χ4v) is 2.54. The van der Waals surface area contributed by atoms with E-state index in [0.717, 1.165) is 12.5 Å². The van der Waals surface area contributed by atoms with E-state index >= 15 is 0 Å². The van der Waals surface area contributed by atoms with Gasteiger partial charge >= 0.3 is 0 Å². The van der Waals surface area contributed by atoms with E-state index in [-0.39, 0.29) is 0 Å². The van der Waals surface area contributed by atoms with Crippen LogP contribution in [0.4, 0.5) is 0 Å². The summed E-state index contributed by atoms with van der Waals surface area (Å²) in [6.07, 6.45) is 6.65. The minimum absolute atomic E-state index is 0.601. The Kier molecular flexibility index (Phi) is 4.18. The normalized spacial score (nSPS) is 20.6. The third-order valence-corrected chi connectivity index (χ3v) is 3.86. The van der Waals surface area contributed by atoms with E-state index in [2.05, 4.69) is 35.5 Å². The Morgan fingerprint density at radius 2 is 2.12 bits per heavy atom. The molecule has 96 valence electrons. The van der Waals surface area contributed by atoms with Crippen molar-refractivity contribution in [1.29, 1.82) is 0 Å². The number of aryl methyl sites for hydroxylation is 1. The van der Waals surface area contributed by atoms with Gasteiger partial charge in [-0.3, -0.25) is 4.68 Å². The molecule has 1 unspecified atom stereocenters. The summed E-state index contributed by atoms with van der Waals surface area (Å²) in [5.74, 6) is 0.822. The number of aromatic nitrogens is 2. The minimum atomic E-state index is 0.601. The summed E-state index contributed by atoms with van der Waals surface area (Å²) in [5, 5.41) is 7.81. The zero-order valence-electron chi connectivity index (χ0n) is 11.2. The number of hydrogen-bond acceptors (Lipinski definition) is 3. The Balaban J connectivity index is 1.75. The van der Waals surface area contributed by atoms with Gasteiger partial charge in [0.25, 0.3) is 0 Å². The fourth-order valence-electron chi connectivity index (χ4n) is 2.54. The second kappa shape index (κ2) is 5.65. The van der Waals surface area contributed by atoms with Crippen molar-refractivity contribution in [1.82, 2.24) is 20.0 Å². The van der Waals surface area contributed by atoms with Crippen LogP contribution in [0.25, 0.3) is 0 Å². The first-order chi connectivity index (χ1) is 8.15. The summed E-state index contributed by atoms with van der Waals surface area (Å²) in [4.78, 5) is 2.42. The van der Waals surface area contributed by atoms with Gasteiger partial charge in [0.1, 0.15) is 0 Å². The molecule has 4 nitrogen and oxygen atoms in total. The summed E-state index contributed by atoms with van der Waals surface area (Å²) in [6.45, 7) is 5.72. The highest BCUT2D eigenvalue weighted by molar-refractivity contribution is 5.03. The Bertz CT molecular complexity index is 339. The van der Waals surface area contributed by atoms with Gasteiger partial charge in [-0.1, -0.05) is 0 Å². The van der Waals surface area contributed by atoms with E-state index in [1.807, 2.05) is 17.9 Å². The highest BCUT2D eigenvalue weighted by atomic mass is 15.2. The summed E-state index contributed by atoms with van der Waals surface area (Å²) in [5.41, 5.74) is 1.27. The molecule has 1 atom stereocenters. The monoisotopic (exact) mass is 236 g/mol. The molecule has 1 N–H and O–H groups in total. The van der Waals surface area contributed by atoms with Gasteiger partial charge in [0.15, 0.2) is 0 Å².